The minimum atomic E-state index is 0.897. The molecule has 0 bridgehead atoms. The fourth-order valence-corrected chi connectivity index (χ4v) is 3.12. The first-order valence-corrected chi connectivity index (χ1v) is 6.02. The zero-order chi connectivity index (χ0) is 9.10. The van der Waals surface area contributed by atoms with Gasteiger partial charge in [0.05, 0.1) is 0 Å². The maximum Gasteiger partial charge on any atom is 0.155 e. The highest BCUT2D eigenvalue weighted by atomic mass is 79.9. The second kappa shape index (κ2) is 4.21. The molecular formula is C8H5BrN2S2. The predicted octanol–water partition coefficient (Wildman–Crippen LogP) is 3.45. The van der Waals surface area contributed by atoms with Crippen LogP contribution in [0.5, 0.6) is 0 Å². The normalized spacial score (nSPS) is 10.2. The van der Waals surface area contributed by atoms with E-state index < -0.39 is 0 Å². The Hall–Kier alpha value is -0.390. The van der Waals surface area contributed by atoms with Gasteiger partial charge in [0.2, 0.25) is 0 Å². The van der Waals surface area contributed by atoms with Crippen LogP contribution in [0.4, 0.5) is 0 Å². The topological polar surface area (TPSA) is 25.8 Å². The Balaban J connectivity index is 2.15. The molecule has 0 amide bonds. The minimum Gasteiger partial charge on any atom is -0.265 e. The molecule has 0 fully saturated rings. The monoisotopic (exact) mass is 272 g/mol. The number of hydrogen-bond donors (Lipinski definition) is 0. The molecular weight excluding hydrogens is 268 g/mol. The standard InChI is InChI=1S/C8H5BrN2S2/c9-7-5-12-8(11-7)13-6-1-3-10-4-2-6/h1-5H. The van der Waals surface area contributed by atoms with Gasteiger partial charge in [-0.2, -0.15) is 0 Å². The first-order chi connectivity index (χ1) is 6.34. The summed E-state index contributed by atoms with van der Waals surface area (Å²) in [7, 11) is 0. The number of halogens is 1. The Bertz CT molecular complexity index is 388. The highest BCUT2D eigenvalue weighted by Crippen LogP contribution is 2.30. The van der Waals surface area contributed by atoms with E-state index in [0.29, 0.717) is 0 Å². The van der Waals surface area contributed by atoms with E-state index in [4.69, 9.17) is 0 Å². The number of pyridine rings is 1. The summed E-state index contributed by atoms with van der Waals surface area (Å²) in [5.41, 5.74) is 0. The van der Waals surface area contributed by atoms with Gasteiger partial charge in [-0.05, 0) is 28.1 Å². The van der Waals surface area contributed by atoms with Crippen molar-refractivity contribution >= 4 is 39.0 Å². The van der Waals surface area contributed by atoms with Crippen molar-refractivity contribution in [2.45, 2.75) is 9.24 Å². The van der Waals surface area contributed by atoms with Gasteiger partial charge >= 0.3 is 0 Å². The van der Waals surface area contributed by atoms with Crippen molar-refractivity contribution in [3.63, 3.8) is 0 Å². The third-order valence-electron chi connectivity index (χ3n) is 1.31. The molecule has 2 aromatic heterocycles. The number of rotatable bonds is 2. The summed E-state index contributed by atoms with van der Waals surface area (Å²) in [6.45, 7) is 0. The summed E-state index contributed by atoms with van der Waals surface area (Å²) in [5.74, 6) is 0. The fraction of sp³-hybridized carbons (Fsp3) is 0. The molecule has 0 aromatic carbocycles. The van der Waals surface area contributed by atoms with Gasteiger partial charge in [0.25, 0.3) is 0 Å². The van der Waals surface area contributed by atoms with Crippen molar-refractivity contribution in [2.24, 2.45) is 0 Å². The highest BCUT2D eigenvalue weighted by molar-refractivity contribution is 9.10. The SMILES string of the molecule is Brc1csc(Sc2ccncc2)n1. The first kappa shape index (κ1) is 9.18. The molecule has 0 saturated carbocycles. The number of aromatic nitrogens is 2. The van der Waals surface area contributed by atoms with Crippen molar-refractivity contribution in [1.82, 2.24) is 9.97 Å². The zero-order valence-electron chi connectivity index (χ0n) is 6.48. The largest absolute Gasteiger partial charge is 0.265 e. The number of hydrogen-bond acceptors (Lipinski definition) is 4. The molecule has 0 atom stereocenters. The van der Waals surface area contributed by atoms with Gasteiger partial charge in [0.1, 0.15) is 4.60 Å². The van der Waals surface area contributed by atoms with Crippen molar-refractivity contribution in [1.29, 1.82) is 0 Å². The van der Waals surface area contributed by atoms with E-state index in [-0.39, 0.29) is 0 Å². The van der Waals surface area contributed by atoms with Crippen LogP contribution in [0, 0.1) is 0 Å². The van der Waals surface area contributed by atoms with Crippen LogP contribution >= 0.6 is 39.0 Å². The zero-order valence-corrected chi connectivity index (χ0v) is 9.69. The maximum absolute atomic E-state index is 4.28. The van der Waals surface area contributed by atoms with Gasteiger partial charge in [-0.1, -0.05) is 11.8 Å². The first-order valence-electron chi connectivity index (χ1n) is 3.53. The third-order valence-corrected chi connectivity index (χ3v) is 3.97. The van der Waals surface area contributed by atoms with Gasteiger partial charge in [-0.15, -0.1) is 11.3 Å². The molecule has 0 aliphatic rings. The molecule has 0 aliphatic heterocycles. The summed E-state index contributed by atoms with van der Waals surface area (Å²) in [6, 6.07) is 3.94. The third kappa shape index (κ3) is 2.52. The Labute approximate surface area is 92.6 Å². The van der Waals surface area contributed by atoms with Crippen LogP contribution in [0.15, 0.2) is 43.7 Å². The van der Waals surface area contributed by atoms with E-state index >= 15 is 0 Å². The molecule has 5 heteroatoms. The molecule has 0 radical (unpaired) electrons. The molecule has 66 valence electrons. The van der Waals surface area contributed by atoms with Crippen molar-refractivity contribution in [2.75, 3.05) is 0 Å². The lowest BCUT2D eigenvalue weighted by atomic mass is 10.5. The Morgan fingerprint density at radius 1 is 1.31 bits per heavy atom. The lowest BCUT2D eigenvalue weighted by molar-refractivity contribution is 1.20. The van der Waals surface area contributed by atoms with Crippen LogP contribution in [-0.4, -0.2) is 9.97 Å². The molecule has 2 aromatic rings. The van der Waals surface area contributed by atoms with E-state index in [1.807, 2.05) is 17.5 Å². The minimum absolute atomic E-state index is 0.897. The second-order valence-corrected chi connectivity index (χ2v) is 5.21. The average molecular weight is 273 g/mol. The molecule has 0 unspecified atom stereocenters. The molecule has 2 heterocycles. The Morgan fingerprint density at radius 2 is 2.08 bits per heavy atom. The Morgan fingerprint density at radius 3 is 2.69 bits per heavy atom. The van der Waals surface area contributed by atoms with Gasteiger partial charge in [0, 0.05) is 22.7 Å². The quantitative estimate of drug-likeness (QED) is 0.838. The summed E-state index contributed by atoms with van der Waals surface area (Å²) in [4.78, 5) is 9.40. The van der Waals surface area contributed by atoms with E-state index in [1.165, 1.54) is 0 Å². The second-order valence-electron chi connectivity index (χ2n) is 2.22. The van der Waals surface area contributed by atoms with Gasteiger partial charge in [-0.3, -0.25) is 4.98 Å². The lowest BCUT2D eigenvalue weighted by Gasteiger charge is -1.94. The average Bonchev–Trinajstić information content (AvgIpc) is 2.53. The maximum atomic E-state index is 4.28. The molecule has 0 saturated heterocycles. The van der Waals surface area contributed by atoms with Crippen molar-refractivity contribution in [3.8, 4) is 0 Å². The fourth-order valence-electron chi connectivity index (χ4n) is 0.793. The highest BCUT2D eigenvalue weighted by Gasteiger charge is 2.00. The summed E-state index contributed by atoms with van der Waals surface area (Å²) in [5, 5.41) is 1.98. The summed E-state index contributed by atoms with van der Waals surface area (Å²) in [6.07, 6.45) is 3.57. The van der Waals surface area contributed by atoms with Crippen molar-refractivity contribution in [3.05, 3.63) is 34.5 Å². The predicted molar refractivity (Wildman–Crippen MR) is 58.2 cm³/mol. The summed E-state index contributed by atoms with van der Waals surface area (Å²) < 4.78 is 1.94. The molecule has 13 heavy (non-hydrogen) atoms. The van der Waals surface area contributed by atoms with E-state index in [2.05, 4.69) is 25.9 Å². The molecule has 0 aliphatic carbocycles. The molecule has 0 N–H and O–H groups in total. The number of thiazole rings is 1. The van der Waals surface area contributed by atoms with Gasteiger partial charge in [0.15, 0.2) is 4.34 Å². The van der Waals surface area contributed by atoms with Crippen LogP contribution in [0.3, 0.4) is 0 Å². The van der Waals surface area contributed by atoms with Gasteiger partial charge in [-0.25, -0.2) is 4.98 Å². The molecule has 0 spiro atoms. The Kier molecular flexibility index (Phi) is 2.97. The smallest absolute Gasteiger partial charge is 0.155 e. The van der Waals surface area contributed by atoms with Crippen LogP contribution in [0.1, 0.15) is 0 Å². The van der Waals surface area contributed by atoms with Crippen LogP contribution in [0.2, 0.25) is 0 Å². The number of nitrogens with zero attached hydrogens (tertiary/aromatic N) is 2. The molecule has 2 nitrogen and oxygen atoms in total. The van der Waals surface area contributed by atoms with E-state index in [0.717, 1.165) is 13.8 Å². The molecule has 2 rings (SSSR count). The van der Waals surface area contributed by atoms with Crippen LogP contribution in [0.25, 0.3) is 0 Å². The van der Waals surface area contributed by atoms with Crippen LogP contribution in [-0.2, 0) is 0 Å². The lowest BCUT2D eigenvalue weighted by Crippen LogP contribution is -1.72. The van der Waals surface area contributed by atoms with Crippen molar-refractivity contribution < 1.29 is 0 Å². The summed E-state index contributed by atoms with van der Waals surface area (Å²) >= 11 is 6.59. The van der Waals surface area contributed by atoms with E-state index in [1.54, 1.807) is 35.5 Å². The van der Waals surface area contributed by atoms with E-state index in [9.17, 15) is 0 Å². The van der Waals surface area contributed by atoms with Gasteiger partial charge < -0.3 is 0 Å². The van der Waals surface area contributed by atoms with Crippen LogP contribution < -0.4 is 0 Å².